The molecular formula is C11H13IO. The van der Waals surface area contributed by atoms with Crippen molar-refractivity contribution in [3.05, 3.63) is 35.4 Å². The van der Waals surface area contributed by atoms with E-state index in [0.29, 0.717) is 0 Å². The van der Waals surface area contributed by atoms with Gasteiger partial charge in [-0.3, -0.25) is 0 Å². The normalized spacial score (nSPS) is 26.9. The summed E-state index contributed by atoms with van der Waals surface area (Å²) in [5.41, 5.74) is 3.04. The van der Waals surface area contributed by atoms with Crippen LogP contribution in [0.1, 0.15) is 18.1 Å². The topological polar surface area (TPSA) is 9.23 Å². The van der Waals surface area contributed by atoms with Crippen LogP contribution >= 0.6 is 22.6 Å². The summed E-state index contributed by atoms with van der Waals surface area (Å²) in [6.45, 7) is 3.91. The van der Waals surface area contributed by atoms with Gasteiger partial charge in [-0.2, -0.15) is 0 Å². The summed E-state index contributed by atoms with van der Waals surface area (Å²) < 4.78 is 6.71. The smallest absolute Gasteiger partial charge is 0.0720 e. The quantitative estimate of drug-likeness (QED) is 0.570. The van der Waals surface area contributed by atoms with E-state index >= 15 is 0 Å². The highest BCUT2D eigenvalue weighted by Gasteiger charge is 2.31. The maximum atomic E-state index is 5.60. The monoisotopic (exact) mass is 288 g/mol. The molecule has 0 amide bonds. The van der Waals surface area contributed by atoms with Crippen LogP contribution in [-0.4, -0.2) is 11.0 Å². The van der Waals surface area contributed by atoms with Crippen molar-refractivity contribution in [3.63, 3.8) is 0 Å². The largest absolute Gasteiger partial charge is 0.376 e. The molecule has 1 unspecified atom stereocenters. The molecule has 1 aliphatic heterocycles. The van der Waals surface area contributed by atoms with Crippen LogP contribution in [0.25, 0.3) is 0 Å². The Balaban J connectivity index is 2.48. The summed E-state index contributed by atoms with van der Waals surface area (Å²) in [4.78, 5) is 0. The van der Waals surface area contributed by atoms with Gasteiger partial charge in [-0.25, -0.2) is 0 Å². The van der Waals surface area contributed by atoms with Gasteiger partial charge in [-0.1, -0.05) is 53.8 Å². The molecule has 1 atom stereocenters. The van der Waals surface area contributed by atoms with Gasteiger partial charge in [0.2, 0.25) is 0 Å². The molecule has 0 fully saturated rings. The minimum atomic E-state index is 0.218. The van der Waals surface area contributed by atoms with E-state index in [2.05, 4.69) is 53.8 Å². The molecule has 0 aliphatic carbocycles. The van der Waals surface area contributed by atoms with Gasteiger partial charge in [0, 0.05) is 9.84 Å². The summed E-state index contributed by atoms with van der Waals surface area (Å²) >= 11 is 2.44. The first-order chi connectivity index (χ1) is 6.26. The molecule has 0 bridgehead atoms. The van der Waals surface area contributed by atoms with Gasteiger partial charge >= 0.3 is 0 Å². The molecule has 0 aromatic heterocycles. The number of ether oxygens (including phenoxy) is 1. The summed E-state index contributed by atoms with van der Waals surface area (Å²) in [7, 11) is 0. The van der Waals surface area contributed by atoms with E-state index in [-0.39, 0.29) is 5.41 Å². The molecule has 0 saturated carbocycles. The lowest BCUT2D eigenvalue weighted by atomic mass is 9.81. The first kappa shape index (κ1) is 9.46. The van der Waals surface area contributed by atoms with E-state index in [4.69, 9.17) is 4.74 Å². The summed E-state index contributed by atoms with van der Waals surface area (Å²) in [6, 6.07) is 8.60. The van der Waals surface area contributed by atoms with Gasteiger partial charge in [-0.15, -0.1) is 0 Å². The molecule has 13 heavy (non-hydrogen) atoms. The summed E-state index contributed by atoms with van der Waals surface area (Å²) in [5, 5.41) is 0. The number of halogens is 1. The molecule has 0 N–H and O–H groups in total. The van der Waals surface area contributed by atoms with Crippen LogP contribution in [0.15, 0.2) is 24.3 Å². The van der Waals surface area contributed by atoms with Crippen LogP contribution in [0.3, 0.4) is 0 Å². The maximum absolute atomic E-state index is 5.60. The van der Waals surface area contributed by atoms with E-state index < -0.39 is 0 Å². The predicted octanol–water partition coefficient (Wildman–Crippen LogP) is 2.91. The fraction of sp³-hybridized carbons (Fsp3) is 0.455. The fourth-order valence-electron chi connectivity index (χ4n) is 1.81. The van der Waals surface area contributed by atoms with E-state index in [0.717, 1.165) is 17.6 Å². The lowest BCUT2D eigenvalue weighted by Crippen LogP contribution is -2.34. The van der Waals surface area contributed by atoms with Gasteiger partial charge in [0.1, 0.15) is 0 Å². The SMILES string of the molecule is CC1(CI)COCc2ccccc21. The van der Waals surface area contributed by atoms with Crippen molar-refractivity contribution < 1.29 is 4.74 Å². The summed E-state index contributed by atoms with van der Waals surface area (Å²) in [6.07, 6.45) is 0. The summed E-state index contributed by atoms with van der Waals surface area (Å²) in [5.74, 6) is 0. The Hall–Kier alpha value is -0.0900. The van der Waals surface area contributed by atoms with Crippen LogP contribution in [0, 0.1) is 0 Å². The van der Waals surface area contributed by atoms with Crippen molar-refractivity contribution in [1.82, 2.24) is 0 Å². The molecule has 0 radical (unpaired) electrons. The molecule has 2 heteroatoms. The van der Waals surface area contributed by atoms with E-state index in [9.17, 15) is 0 Å². The Morgan fingerprint density at radius 1 is 1.46 bits per heavy atom. The van der Waals surface area contributed by atoms with Crippen LogP contribution in [0.2, 0.25) is 0 Å². The highest BCUT2D eigenvalue weighted by Crippen LogP contribution is 2.33. The standard InChI is InChI=1S/C11H13IO/c1-11(7-12)8-13-6-9-4-2-3-5-10(9)11/h2-5H,6-8H2,1H3. The van der Waals surface area contributed by atoms with E-state index in [1.165, 1.54) is 11.1 Å². The average molecular weight is 288 g/mol. The van der Waals surface area contributed by atoms with Crippen molar-refractivity contribution in [2.24, 2.45) is 0 Å². The second-order valence-corrected chi connectivity index (χ2v) is 4.61. The van der Waals surface area contributed by atoms with Gasteiger partial charge in [0.25, 0.3) is 0 Å². The second-order valence-electron chi connectivity index (χ2n) is 3.84. The number of hydrogen-bond acceptors (Lipinski definition) is 1. The first-order valence-electron chi connectivity index (χ1n) is 4.48. The van der Waals surface area contributed by atoms with Crippen molar-refractivity contribution in [3.8, 4) is 0 Å². The third-order valence-corrected chi connectivity index (χ3v) is 4.32. The van der Waals surface area contributed by atoms with Crippen LogP contribution in [0.5, 0.6) is 0 Å². The van der Waals surface area contributed by atoms with Gasteiger partial charge in [-0.05, 0) is 11.1 Å². The lowest BCUT2D eigenvalue weighted by molar-refractivity contribution is 0.0668. The minimum Gasteiger partial charge on any atom is -0.376 e. The highest BCUT2D eigenvalue weighted by molar-refractivity contribution is 14.1. The number of fused-ring (bicyclic) bond motifs is 1. The Morgan fingerprint density at radius 3 is 3.00 bits per heavy atom. The fourth-order valence-corrected chi connectivity index (χ4v) is 2.44. The molecule has 1 aromatic carbocycles. The first-order valence-corrected chi connectivity index (χ1v) is 6.01. The third-order valence-electron chi connectivity index (χ3n) is 2.64. The molecule has 0 spiro atoms. The minimum absolute atomic E-state index is 0.218. The Kier molecular flexibility index (Phi) is 2.60. The lowest BCUT2D eigenvalue weighted by Gasteiger charge is -2.34. The molecule has 70 valence electrons. The van der Waals surface area contributed by atoms with Crippen molar-refractivity contribution in [2.45, 2.75) is 18.9 Å². The predicted molar refractivity (Wildman–Crippen MR) is 62.3 cm³/mol. The number of rotatable bonds is 1. The molecular weight excluding hydrogens is 275 g/mol. The van der Waals surface area contributed by atoms with E-state index in [1.54, 1.807) is 0 Å². The van der Waals surface area contributed by atoms with Crippen LogP contribution in [0.4, 0.5) is 0 Å². The van der Waals surface area contributed by atoms with Gasteiger partial charge < -0.3 is 4.74 Å². The van der Waals surface area contributed by atoms with Crippen molar-refractivity contribution in [1.29, 1.82) is 0 Å². The second kappa shape index (κ2) is 3.58. The van der Waals surface area contributed by atoms with Gasteiger partial charge in [0.05, 0.1) is 13.2 Å². The van der Waals surface area contributed by atoms with Gasteiger partial charge in [0.15, 0.2) is 0 Å². The van der Waals surface area contributed by atoms with Crippen molar-refractivity contribution >= 4 is 22.6 Å². The van der Waals surface area contributed by atoms with Crippen LogP contribution < -0.4 is 0 Å². The molecule has 1 aliphatic rings. The zero-order valence-electron chi connectivity index (χ0n) is 7.72. The zero-order valence-corrected chi connectivity index (χ0v) is 9.87. The Morgan fingerprint density at radius 2 is 2.23 bits per heavy atom. The van der Waals surface area contributed by atoms with Crippen molar-refractivity contribution in [2.75, 3.05) is 11.0 Å². The Labute approximate surface area is 92.6 Å². The third kappa shape index (κ3) is 1.62. The van der Waals surface area contributed by atoms with Crippen LogP contribution in [-0.2, 0) is 16.8 Å². The molecule has 1 nitrogen and oxygen atoms in total. The molecule has 1 aromatic rings. The maximum Gasteiger partial charge on any atom is 0.0720 e. The number of benzene rings is 1. The zero-order chi connectivity index (χ0) is 9.31. The Bertz CT molecular complexity index is 311. The molecule has 2 rings (SSSR count). The molecule has 1 heterocycles. The highest BCUT2D eigenvalue weighted by atomic mass is 127. The average Bonchev–Trinajstić information content (AvgIpc) is 2.19. The van der Waals surface area contributed by atoms with E-state index in [1.807, 2.05) is 0 Å². The number of alkyl halides is 1. The molecule has 0 saturated heterocycles. The number of hydrogen-bond donors (Lipinski definition) is 0.